The molecule has 0 bridgehead atoms. The molecule has 9 heteroatoms. The van der Waals surface area contributed by atoms with Gasteiger partial charge in [-0.05, 0) is 67.4 Å². The molecule has 7 nitrogen and oxygen atoms in total. The maximum absolute atomic E-state index is 13.8. The van der Waals surface area contributed by atoms with Crippen LogP contribution in [0.2, 0.25) is 5.02 Å². The number of nitriles is 1. The molecule has 0 radical (unpaired) electrons. The van der Waals surface area contributed by atoms with E-state index in [4.69, 9.17) is 21.1 Å². The van der Waals surface area contributed by atoms with E-state index in [-0.39, 0.29) is 34.4 Å². The van der Waals surface area contributed by atoms with Crippen LogP contribution in [0.5, 0.6) is 11.5 Å². The Hall–Kier alpha value is -4.35. The number of nitrogens with one attached hydrogen (secondary N) is 2. The van der Waals surface area contributed by atoms with Gasteiger partial charge in [-0.25, -0.2) is 4.39 Å². The number of hydrogen-bond acceptors (Lipinski definition) is 5. The molecule has 0 aliphatic heterocycles. The summed E-state index contributed by atoms with van der Waals surface area (Å²) in [6.45, 7) is 3.45. The first kappa shape index (κ1) is 26.3. The molecule has 3 rings (SSSR count). The highest BCUT2D eigenvalue weighted by Crippen LogP contribution is 2.37. The summed E-state index contributed by atoms with van der Waals surface area (Å²) in [5, 5.41) is 14.7. The first-order chi connectivity index (χ1) is 17.3. The zero-order valence-corrected chi connectivity index (χ0v) is 20.4. The minimum Gasteiger partial charge on any atom is -0.490 e. The van der Waals surface area contributed by atoms with Crippen LogP contribution in [-0.4, -0.2) is 25.0 Å². The maximum atomic E-state index is 13.8. The van der Waals surface area contributed by atoms with Crippen molar-refractivity contribution in [3.05, 3.63) is 88.2 Å². The van der Waals surface area contributed by atoms with Crippen LogP contribution in [0, 0.1) is 24.1 Å². The van der Waals surface area contributed by atoms with E-state index in [2.05, 4.69) is 10.6 Å². The Balaban J connectivity index is 1.78. The summed E-state index contributed by atoms with van der Waals surface area (Å²) in [7, 11) is 0. The Labute approximate surface area is 213 Å². The molecule has 0 aromatic heterocycles. The van der Waals surface area contributed by atoms with Gasteiger partial charge in [-0.3, -0.25) is 9.59 Å². The third kappa shape index (κ3) is 7.08. The van der Waals surface area contributed by atoms with E-state index in [1.54, 1.807) is 31.2 Å². The zero-order chi connectivity index (χ0) is 26.1. The summed E-state index contributed by atoms with van der Waals surface area (Å²) in [6, 6.07) is 17.8. The lowest BCUT2D eigenvalue weighted by molar-refractivity contribution is -0.118. The third-order valence-electron chi connectivity index (χ3n) is 4.78. The standard InChI is InChI=1S/C27H23ClFN3O4/c1-3-35-24-14-18(12-19(15-30)27(34)31-20-8-6-7-17(2)11-20)13-21(28)26(24)36-16-25(33)32-23-10-5-4-9-22(23)29/h4-14H,3,16H2,1-2H3,(H,31,34)(H,32,33)/b19-12+. The van der Waals surface area contributed by atoms with Crippen molar-refractivity contribution in [2.45, 2.75) is 13.8 Å². The molecule has 0 atom stereocenters. The van der Waals surface area contributed by atoms with Crippen LogP contribution in [-0.2, 0) is 9.59 Å². The molecule has 184 valence electrons. The Bertz CT molecular complexity index is 1350. The lowest BCUT2D eigenvalue weighted by Crippen LogP contribution is -2.21. The zero-order valence-electron chi connectivity index (χ0n) is 19.6. The molecule has 0 saturated heterocycles. The number of hydrogen-bond donors (Lipinski definition) is 2. The number of carbonyl (C=O) groups excluding carboxylic acids is 2. The highest BCUT2D eigenvalue weighted by atomic mass is 35.5. The number of ether oxygens (including phenoxy) is 2. The molecule has 36 heavy (non-hydrogen) atoms. The molecular formula is C27H23ClFN3O4. The molecule has 0 unspecified atom stereocenters. The van der Waals surface area contributed by atoms with Crippen molar-refractivity contribution in [3.63, 3.8) is 0 Å². The van der Waals surface area contributed by atoms with Gasteiger partial charge in [-0.2, -0.15) is 5.26 Å². The molecule has 2 N–H and O–H groups in total. The molecule has 0 aliphatic rings. The Morgan fingerprint density at radius 3 is 2.56 bits per heavy atom. The summed E-state index contributed by atoms with van der Waals surface area (Å²) < 4.78 is 24.9. The van der Waals surface area contributed by atoms with Crippen LogP contribution in [0.25, 0.3) is 6.08 Å². The summed E-state index contributed by atoms with van der Waals surface area (Å²) in [4.78, 5) is 24.9. The monoisotopic (exact) mass is 507 g/mol. The van der Waals surface area contributed by atoms with Crippen LogP contribution in [0.3, 0.4) is 0 Å². The maximum Gasteiger partial charge on any atom is 0.266 e. The van der Waals surface area contributed by atoms with Crippen molar-refractivity contribution < 1.29 is 23.5 Å². The van der Waals surface area contributed by atoms with Crippen LogP contribution in [0.15, 0.2) is 66.2 Å². The Kier molecular flexibility index (Phi) is 9.03. The van der Waals surface area contributed by atoms with E-state index in [1.165, 1.54) is 36.4 Å². The Morgan fingerprint density at radius 1 is 1.08 bits per heavy atom. The van der Waals surface area contributed by atoms with Crippen molar-refractivity contribution in [1.29, 1.82) is 5.26 Å². The SMILES string of the molecule is CCOc1cc(/C=C(\C#N)C(=O)Nc2cccc(C)c2)cc(Cl)c1OCC(=O)Nc1ccccc1F. The number of para-hydroxylation sites is 1. The van der Waals surface area contributed by atoms with E-state index in [1.807, 2.05) is 19.1 Å². The first-order valence-electron chi connectivity index (χ1n) is 10.9. The highest BCUT2D eigenvalue weighted by molar-refractivity contribution is 6.32. The second-order valence-corrected chi connectivity index (χ2v) is 7.98. The average molecular weight is 508 g/mol. The Morgan fingerprint density at radius 2 is 1.86 bits per heavy atom. The van der Waals surface area contributed by atoms with Gasteiger partial charge in [0.15, 0.2) is 18.1 Å². The first-order valence-corrected chi connectivity index (χ1v) is 11.3. The summed E-state index contributed by atoms with van der Waals surface area (Å²) in [5.74, 6) is -1.44. The largest absolute Gasteiger partial charge is 0.490 e. The van der Waals surface area contributed by atoms with E-state index in [9.17, 15) is 19.2 Å². The highest BCUT2D eigenvalue weighted by Gasteiger charge is 2.16. The predicted octanol–water partition coefficient (Wildman–Crippen LogP) is 5.75. The second kappa shape index (κ2) is 12.4. The number of aryl methyl sites for hydroxylation is 1. The number of amides is 2. The topological polar surface area (TPSA) is 100 Å². The van der Waals surface area contributed by atoms with Crippen molar-refractivity contribution in [3.8, 4) is 17.6 Å². The van der Waals surface area contributed by atoms with Gasteiger partial charge in [0.05, 0.1) is 17.3 Å². The van der Waals surface area contributed by atoms with Crippen LogP contribution < -0.4 is 20.1 Å². The van der Waals surface area contributed by atoms with Crippen molar-refractivity contribution in [2.75, 3.05) is 23.8 Å². The molecule has 0 aliphatic carbocycles. The van der Waals surface area contributed by atoms with Gasteiger partial charge >= 0.3 is 0 Å². The number of benzene rings is 3. The average Bonchev–Trinajstić information content (AvgIpc) is 2.83. The van der Waals surface area contributed by atoms with E-state index in [0.717, 1.165) is 5.56 Å². The molecule has 2 amide bonds. The lowest BCUT2D eigenvalue weighted by atomic mass is 10.1. The fraction of sp³-hybridized carbons (Fsp3) is 0.148. The van der Waals surface area contributed by atoms with Gasteiger partial charge in [0, 0.05) is 5.69 Å². The summed E-state index contributed by atoms with van der Waals surface area (Å²) in [6.07, 6.45) is 1.37. The van der Waals surface area contributed by atoms with E-state index in [0.29, 0.717) is 11.3 Å². The molecule has 0 fully saturated rings. The fourth-order valence-corrected chi connectivity index (χ4v) is 3.47. The summed E-state index contributed by atoms with van der Waals surface area (Å²) in [5.41, 5.74) is 1.82. The molecule has 0 saturated carbocycles. The van der Waals surface area contributed by atoms with Gasteiger partial charge in [0.2, 0.25) is 0 Å². The number of carbonyl (C=O) groups is 2. The number of anilines is 2. The minimum atomic E-state index is -0.595. The molecule has 3 aromatic carbocycles. The van der Waals surface area contributed by atoms with Crippen LogP contribution in [0.1, 0.15) is 18.1 Å². The van der Waals surface area contributed by atoms with Crippen molar-refractivity contribution in [2.24, 2.45) is 0 Å². The third-order valence-corrected chi connectivity index (χ3v) is 5.06. The molecular weight excluding hydrogens is 485 g/mol. The van der Waals surface area contributed by atoms with Gasteiger partial charge in [0.25, 0.3) is 11.8 Å². The quantitative estimate of drug-likeness (QED) is 0.284. The number of rotatable bonds is 9. The van der Waals surface area contributed by atoms with E-state index >= 15 is 0 Å². The van der Waals surface area contributed by atoms with Crippen LogP contribution in [0.4, 0.5) is 15.8 Å². The van der Waals surface area contributed by atoms with Gasteiger partial charge in [0.1, 0.15) is 17.5 Å². The van der Waals surface area contributed by atoms with Crippen molar-refractivity contribution in [1.82, 2.24) is 0 Å². The van der Waals surface area contributed by atoms with Gasteiger partial charge in [-0.1, -0.05) is 35.9 Å². The van der Waals surface area contributed by atoms with E-state index < -0.39 is 24.2 Å². The minimum absolute atomic E-state index is 0.0238. The normalized spacial score (nSPS) is 10.8. The van der Waals surface area contributed by atoms with Crippen LogP contribution >= 0.6 is 11.6 Å². The predicted molar refractivity (Wildman–Crippen MR) is 137 cm³/mol. The van der Waals surface area contributed by atoms with Gasteiger partial charge < -0.3 is 20.1 Å². The van der Waals surface area contributed by atoms with Gasteiger partial charge in [-0.15, -0.1) is 0 Å². The molecule has 3 aromatic rings. The number of halogens is 2. The second-order valence-electron chi connectivity index (χ2n) is 7.57. The lowest BCUT2D eigenvalue weighted by Gasteiger charge is -2.15. The summed E-state index contributed by atoms with van der Waals surface area (Å²) >= 11 is 6.38. The molecule has 0 spiro atoms. The van der Waals surface area contributed by atoms with Crippen molar-refractivity contribution >= 4 is 40.9 Å². The number of nitrogens with zero attached hydrogens (tertiary/aromatic N) is 1. The molecule has 0 heterocycles. The smallest absolute Gasteiger partial charge is 0.266 e. The fourth-order valence-electron chi connectivity index (χ4n) is 3.20.